The van der Waals surface area contributed by atoms with Gasteiger partial charge in [0.1, 0.15) is 11.8 Å². The van der Waals surface area contributed by atoms with Crippen LogP contribution in [0.3, 0.4) is 0 Å². The Balaban J connectivity index is 3.01. The van der Waals surface area contributed by atoms with Gasteiger partial charge in [-0.25, -0.2) is 9.97 Å². The summed E-state index contributed by atoms with van der Waals surface area (Å²) in [6.45, 7) is 4.67. The van der Waals surface area contributed by atoms with Crippen molar-refractivity contribution in [3.8, 4) is 6.07 Å². The average Bonchev–Trinajstić information content (AvgIpc) is 2.37. The van der Waals surface area contributed by atoms with Crippen LogP contribution in [0.5, 0.6) is 0 Å². The normalized spacial score (nSPS) is 9.67. The quantitative estimate of drug-likeness (QED) is 0.824. The monoisotopic (exact) mass is 247 g/mol. The molecule has 0 fully saturated rings. The number of nitrogens with zero attached hydrogens (tertiary/aromatic N) is 4. The fourth-order valence-corrected chi connectivity index (χ4v) is 1.52. The Bertz CT molecular complexity index is 466. The molecular formula is C12H17N5O. The minimum atomic E-state index is -0.105. The predicted molar refractivity (Wildman–Crippen MR) is 68.1 cm³/mol. The van der Waals surface area contributed by atoms with Crippen molar-refractivity contribution in [1.29, 1.82) is 5.26 Å². The van der Waals surface area contributed by atoms with Crippen LogP contribution in [0.25, 0.3) is 0 Å². The standard InChI is InChI=1S/C12H17N5O/c1-4-5-17(8-11(18)14-3)12-15-9(2)6-10(7-13)16-12/h6H,4-5,8H2,1-3H3,(H,14,18). The van der Waals surface area contributed by atoms with Gasteiger partial charge in [0.15, 0.2) is 0 Å². The maximum atomic E-state index is 11.4. The first-order valence-electron chi connectivity index (χ1n) is 5.82. The molecule has 1 rings (SSSR count). The lowest BCUT2D eigenvalue weighted by molar-refractivity contribution is -0.119. The van der Waals surface area contributed by atoms with E-state index in [-0.39, 0.29) is 12.5 Å². The lowest BCUT2D eigenvalue weighted by Gasteiger charge is -2.21. The lowest BCUT2D eigenvalue weighted by Crippen LogP contribution is -2.37. The number of likely N-dealkylation sites (N-methyl/N-ethyl adjacent to an activating group) is 1. The van der Waals surface area contributed by atoms with Gasteiger partial charge in [-0.2, -0.15) is 5.26 Å². The maximum absolute atomic E-state index is 11.4. The number of aryl methyl sites for hydroxylation is 1. The summed E-state index contributed by atoms with van der Waals surface area (Å²) in [5, 5.41) is 11.5. The number of amides is 1. The van der Waals surface area contributed by atoms with E-state index >= 15 is 0 Å². The number of hydrogen-bond donors (Lipinski definition) is 1. The Kier molecular flexibility index (Phi) is 5.06. The number of carbonyl (C=O) groups excluding carboxylic acids is 1. The zero-order valence-electron chi connectivity index (χ0n) is 10.9. The van der Waals surface area contributed by atoms with Crippen LogP contribution in [0.1, 0.15) is 24.7 Å². The van der Waals surface area contributed by atoms with Crippen LogP contribution in [0.4, 0.5) is 5.95 Å². The number of rotatable bonds is 5. The molecule has 0 aromatic carbocycles. The molecule has 6 heteroatoms. The molecule has 18 heavy (non-hydrogen) atoms. The molecule has 1 heterocycles. The highest BCUT2D eigenvalue weighted by molar-refractivity contribution is 5.80. The third kappa shape index (κ3) is 3.70. The van der Waals surface area contributed by atoms with Crippen molar-refractivity contribution < 1.29 is 4.79 Å². The number of carbonyl (C=O) groups is 1. The summed E-state index contributed by atoms with van der Waals surface area (Å²) >= 11 is 0. The first kappa shape index (κ1) is 13.9. The van der Waals surface area contributed by atoms with Crippen LogP contribution >= 0.6 is 0 Å². The van der Waals surface area contributed by atoms with E-state index in [1.165, 1.54) is 0 Å². The summed E-state index contributed by atoms with van der Waals surface area (Å²) in [5.41, 5.74) is 1.03. The molecular weight excluding hydrogens is 230 g/mol. The summed E-state index contributed by atoms with van der Waals surface area (Å²) in [6.07, 6.45) is 0.871. The topological polar surface area (TPSA) is 81.9 Å². The highest BCUT2D eigenvalue weighted by Gasteiger charge is 2.13. The van der Waals surface area contributed by atoms with Crippen molar-refractivity contribution >= 4 is 11.9 Å². The highest BCUT2D eigenvalue weighted by Crippen LogP contribution is 2.10. The number of aromatic nitrogens is 2. The van der Waals surface area contributed by atoms with Crippen molar-refractivity contribution in [2.45, 2.75) is 20.3 Å². The second kappa shape index (κ2) is 6.55. The Morgan fingerprint density at radius 3 is 2.83 bits per heavy atom. The number of nitrogens with one attached hydrogen (secondary N) is 1. The zero-order valence-corrected chi connectivity index (χ0v) is 10.9. The lowest BCUT2D eigenvalue weighted by atomic mass is 10.3. The van der Waals surface area contributed by atoms with E-state index in [4.69, 9.17) is 5.26 Å². The molecule has 1 aromatic rings. The molecule has 0 aliphatic heterocycles. The smallest absolute Gasteiger partial charge is 0.239 e. The van der Waals surface area contributed by atoms with Crippen molar-refractivity contribution in [3.05, 3.63) is 17.5 Å². The second-order valence-electron chi connectivity index (χ2n) is 3.90. The second-order valence-corrected chi connectivity index (χ2v) is 3.90. The third-order valence-corrected chi connectivity index (χ3v) is 2.35. The molecule has 0 radical (unpaired) electrons. The van der Waals surface area contributed by atoms with Crippen molar-refractivity contribution in [2.24, 2.45) is 0 Å². The van der Waals surface area contributed by atoms with Crippen LogP contribution in [0.2, 0.25) is 0 Å². The zero-order chi connectivity index (χ0) is 13.5. The van der Waals surface area contributed by atoms with Gasteiger partial charge < -0.3 is 10.2 Å². The number of nitriles is 1. The van der Waals surface area contributed by atoms with Crippen molar-refractivity contribution in [3.63, 3.8) is 0 Å². The molecule has 0 saturated heterocycles. The van der Waals surface area contributed by atoms with Crippen LogP contribution in [0, 0.1) is 18.3 Å². The third-order valence-electron chi connectivity index (χ3n) is 2.35. The summed E-state index contributed by atoms with van der Waals surface area (Å²) in [5.74, 6) is 0.323. The Morgan fingerprint density at radius 2 is 2.28 bits per heavy atom. The Hall–Kier alpha value is -2.16. The van der Waals surface area contributed by atoms with Crippen molar-refractivity contribution in [2.75, 3.05) is 25.0 Å². The largest absolute Gasteiger partial charge is 0.358 e. The van der Waals surface area contributed by atoms with Gasteiger partial charge in [-0.15, -0.1) is 0 Å². The van der Waals surface area contributed by atoms with Gasteiger partial charge in [0.25, 0.3) is 0 Å². The maximum Gasteiger partial charge on any atom is 0.239 e. The van der Waals surface area contributed by atoms with E-state index in [9.17, 15) is 4.79 Å². The summed E-state index contributed by atoms with van der Waals surface area (Å²) in [7, 11) is 1.59. The molecule has 0 bridgehead atoms. The van der Waals surface area contributed by atoms with Crippen LogP contribution in [-0.4, -0.2) is 36.0 Å². The van der Waals surface area contributed by atoms with Gasteiger partial charge in [-0.05, 0) is 19.4 Å². The summed E-state index contributed by atoms with van der Waals surface area (Å²) in [6, 6.07) is 3.61. The molecule has 0 atom stereocenters. The van der Waals surface area contributed by atoms with Crippen LogP contribution < -0.4 is 10.2 Å². The average molecular weight is 247 g/mol. The fourth-order valence-electron chi connectivity index (χ4n) is 1.52. The Labute approximate surface area is 107 Å². The molecule has 0 spiro atoms. The van der Waals surface area contributed by atoms with Gasteiger partial charge in [0.05, 0.1) is 6.54 Å². The van der Waals surface area contributed by atoms with Gasteiger partial charge >= 0.3 is 0 Å². The van der Waals surface area contributed by atoms with Gasteiger partial charge in [-0.1, -0.05) is 6.92 Å². The van der Waals surface area contributed by atoms with E-state index < -0.39 is 0 Å². The minimum absolute atomic E-state index is 0.105. The molecule has 1 N–H and O–H groups in total. The van der Waals surface area contributed by atoms with E-state index in [0.717, 1.165) is 12.1 Å². The first-order valence-corrected chi connectivity index (χ1v) is 5.82. The van der Waals surface area contributed by atoms with E-state index in [1.807, 2.05) is 13.0 Å². The molecule has 0 aliphatic rings. The fraction of sp³-hybridized carbons (Fsp3) is 0.500. The Morgan fingerprint density at radius 1 is 1.56 bits per heavy atom. The number of hydrogen-bond acceptors (Lipinski definition) is 5. The number of anilines is 1. The molecule has 0 unspecified atom stereocenters. The van der Waals surface area contributed by atoms with Gasteiger partial charge in [0.2, 0.25) is 11.9 Å². The summed E-state index contributed by atoms with van der Waals surface area (Å²) in [4.78, 5) is 21.6. The van der Waals surface area contributed by atoms with Gasteiger partial charge in [-0.3, -0.25) is 4.79 Å². The molecule has 0 aliphatic carbocycles. The molecule has 96 valence electrons. The molecule has 1 aromatic heterocycles. The van der Waals surface area contributed by atoms with E-state index in [0.29, 0.717) is 18.2 Å². The van der Waals surface area contributed by atoms with Crippen molar-refractivity contribution in [1.82, 2.24) is 15.3 Å². The molecule has 1 amide bonds. The molecule has 6 nitrogen and oxygen atoms in total. The minimum Gasteiger partial charge on any atom is -0.358 e. The van der Waals surface area contributed by atoms with Gasteiger partial charge in [0, 0.05) is 19.3 Å². The van der Waals surface area contributed by atoms with Crippen LogP contribution in [-0.2, 0) is 4.79 Å². The van der Waals surface area contributed by atoms with E-state index in [2.05, 4.69) is 15.3 Å². The highest BCUT2D eigenvalue weighted by atomic mass is 16.1. The predicted octanol–water partition coefficient (Wildman–Crippen LogP) is 0.619. The van der Waals surface area contributed by atoms with Crippen LogP contribution in [0.15, 0.2) is 6.07 Å². The summed E-state index contributed by atoms with van der Waals surface area (Å²) < 4.78 is 0. The first-order chi connectivity index (χ1) is 8.60. The SMILES string of the molecule is CCCN(CC(=O)NC)c1nc(C)cc(C#N)n1. The van der Waals surface area contributed by atoms with E-state index in [1.54, 1.807) is 24.9 Å². The molecule has 0 saturated carbocycles.